The number of hydrogen-bond acceptors (Lipinski definition) is 8. The van der Waals surface area contributed by atoms with Crippen molar-refractivity contribution in [3.8, 4) is 0 Å². The molecular formula is C27H47N3O8Si. The summed E-state index contributed by atoms with van der Waals surface area (Å²) in [7, 11) is -1.44. The number of carbonyl (C=O) groups is 5. The van der Waals surface area contributed by atoms with Crippen LogP contribution in [0.3, 0.4) is 0 Å². The van der Waals surface area contributed by atoms with Crippen molar-refractivity contribution in [2.75, 3.05) is 6.61 Å². The SMILES string of the molecule is CCC(C)C1C(=O)OC1C(=O)NC1CC1CC(NC(=O)C(C)NC(=O)OC(C)(C)C)C(=O)OCC[Si](C)(C)C. The summed E-state index contributed by atoms with van der Waals surface area (Å²) >= 11 is 0. The summed E-state index contributed by atoms with van der Waals surface area (Å²) < 4.78 is 15.8. The fourth-order valence-electron chi connectivity index (χ4n) is 4.20. The average Bonchev–Trinajstić information content (AvgIpc) is 3.50. The highest BCUT2D eigenvalue weighted by atomic mass is 28.3. The Bertz CT molecular complexity index is 929. The smallest absolute Gasteiger partial charge is 0.408 e. The van der Waals surface area contributed by atoms with E-state index in [0.29, 0.717) is 6.42 Å². The Morgan fingerprint density at radius 2 is 1.74 bits per heavy atom. The fraction of sp³-hybridized carbons (Fsp3) is 0.815. The summed E-state index contributed by atoms with van der Waals surface area (Å²) in [6.07, 6.45) is 0.117. The van der Waals surface area contributed by atoms with Crippen LogP contribution in [0.25, 0.3) is 0 Å². The molecule has 1 heterocycles. The second kappa shape index (κ2) is 13.1. The topological polar surface area (TPSA) is 149 Å². The van der Waals surface area contributed by atoms with Crippen LogP contribution in [-0.2, 0) is 33.4 Å². The maximum Gasteiger partial charge on any atom is 0.408 e. The quantitative estimate of drug-likeness (QED) is 0.174. The molecule has 0 aromatic carbocycles. The van der Waals surface area contributed by atoms with Crippen LogP contribution in [0.5, 0.6) is 0 Å². The van der Waals surface area contributed by atoms with Gasteiger partial charge < -0.3 is 30.2 Å². The molecule has 11 nitrogen and oxygen atoms in total. The number of nitrogens with one attached hydrogen (secondary N) is 3. The summed E-state index contributed by atoms with van der Waals surface area (Å²) in [5, 5.41) is 8.10. The second-order valence-corrected chi connectivity index (χ2v) is 18.6. The third-order valence-electron chi connectivity index (χ3n) is 6.97. The first kappa shape index (κ1) is 32.6. The van der Waals surface area contributed by atoms with Crippen LogP contribution in [-0.4, -0.2) is 74.4 Å². The van der Waals surface area contributed by atoms with Gasteiger partial charge in [0, 0.05) is 14.1 Å². The number of rotatable bonds is 13. The zero-order valence-electron chi connectivity index (χ0n) is 24.8. The van der Waals surface area contributed by atoms with Gasteiger partial charge >= 0.3 is 18.0 Å². The van der Waals surface area contributed by atoms with Crippen LogP contribution < -0.4 is 16.0 Å². The number of esters is 2. The first-order chi connectivity index (χ1) is 17.9. The van der Waals surface area contributed by atoms with Gasteiger partial charge in [-0.2, -0.15) is 0 Å². The lowest BCUT2D eigenvalue weighted by atomic mass is 9.83. The lowest BCUT2D eigenvalue weighted by Gasteiger charge is -2.37. The molecule has 1 aliphatic heterocycles. The molecule has 0 radical (unpaired) electrons. The third-order valence-corrected chi connectivity index (χ3v) is 8.67. The molecule has 1 saturated carbocycles. The van der Waals surface area contributed by atoms with Gasteiger partial charge in [-0.15, -0.1) is 0 Å². The summed E-state index contributed by atoms with van der Waals surface area (Å²) in [6, 6.07) is -1.29. The molecule has 0 bridgehead atoms. The van der Waals surface area contributed by atoms with E-state index < -0.39 is 55.8 Å². The van der Waals surface area contributed by atoms with Crippen molar-refractivity contribution in [2.45, 2.75) is 116 Å². The zero-order chi connectivity index (χ0) is 29.7. The summed E-state index contributed by atoms with van der Waals surface area (Å²) in [4.78, 5) is 62.5. The Morgan fingerprint density at radius 1 is 1.10 bits per heavy atom. The van der Waals surface area contributed by atoms with Crippen molar-refractivity contribution in [3.63, 3.8) is 0 Å². The van der Waals surface area contributed by atoms with E-state index in [2.05, 4.69) is 35.6 Å². The van der Waals surface area contributed by atoms with Crippen LogP contribution in [0, 0.1) is 17.8 Å². The molecule has 2 fully saturated rings. The summed E-state index contributed by atoms with van der Waals surface area (Å²) in [5.74, 6) is -2.25. The molecule has 3 N–H and O–H groups in total. The highest BCUT2D eigenvalue weighted by Crippen LogP contribution is 2.37. The number of ether oxygens (including phenoxy) is 3. The molecule has 3 amide bonds. The van der Waals surface area contributed by atoms with Crippen LogP contribution in [0.1, 0.15) is 60.8 Å². The lowest BCUT2D eigenvalue weighted by Crippen LogP contribution is -2.56. The number of hydrogen-bond donors (Lipinski definition) is 3. The molecule has 7 atom stereocenters. The third kappa shape index (κ3) is 10.5. The van der Waals surface area contributed by atoms with Gasteiger partial charge in [0.05, 0.1) is 6.61 Å². The molecule has 222 valence electrons. The lowest BCUT2D eigenvalue weighted by molar-refractivity contribution is -0.193. The van der Waals surface area contributed by atoms with E-state index >= 15 is 0 Å². The second-order valence-electron chi connectivity index (χ2n) is 13.0. The first-order valence-electron chi connectivity index (χ1n) is 13.9. The molecule has 2 rings (SSSR count). The molecule has 1 saturated heterocycles. The van der Waals surface area contributed by atoms with E-state index in [0.717, 1.165) is 12.5 Å². The Balaban J connectivity index is 1.97. The summed E-state index contributed by atoms with van der Waals surface area (Å²) in [5.41, 5.74) is -0.721. The molecule has 2 aliphatic rings. The van der Waals surface area contributed by atoms with E-state index in [9.17, 15) is 24.0 Å². The van der Waals surface area contributed by atoms with Gasteiger partial charge in [0.15, 0.2) is 6.10 Å². The Kier molecular flexibility index (Phi) is 11.0. The molecule has 1 aliphatic carbocycles. The van der Waals surface area contributed by atoms with E-state index in [1.165, 1.54) is 6.92 Å². The van der Waals surface area contributed by atoms with Gasteiger partial charge in [-0.25, -0.2) is 9.59 Å². The minimum absolute atomic E-state index is 0.0406. The van der Waals surface area contributed by atoms with Gasteiger partial charge in [-0.1, -0.05) is 39.9 Å². The van der Waals surface area contributed by atoms with Crippen molar-refractivity contribution in [1.29, 1.82) is 0 Å². The van der Waals surface area contributed by atoms with Crippen molar-refractivity contribution in [1.82, 2.24) is 16.0 Å². The molecule has 0 aromatic rings. The van der Waals surface area contributed by atoms with Crippen molar-refractivity contribution in [3.05, 3.63) is 0 Å². The van der Waals surface area contributed by atoms with E-state index in [4.69, 9.17) is 14.2 Å². The number of amides is 3. The van der Waals surface area contributed by atoms with E-state index in [-0.39, 0.29) is 42.8 Å². The Labute approximate surface area is 232 Å². The van der Waals surface area contributed by atoms with Gasteiger partial charge in [-0.05, 0) is 58.4 Å². The molecule has 7 unspecified atom stereocenters. The predicted octanol–water partition coefficient (Wildman–Crippen LogP) is 2.75. The zero-order valence-corrected chi connectivity index (χ0v) is 25.8. The number of alkyl carbamates (subject to hydrolysis) is 1. The fourth-order valence-corrected chi connectivity index (χ4v) is 4.92. The van der Waals surface area contributed by atoms with Gasteiger partial charge in [0.25, 0.3) is 5.91 Å². The van der Waals surface area contributed by atoms with Crippen molar-refractivity contribution in [2.24, 2.45) is 17.8 Å². The summed E-state index contributed by atoms with van der Waals surface area (Å²) in [6.45, 7) is 17.3. The van der Waals surface area contributed by atoms with Gasteiger partial charge in [-0.3, -0.25) is 14.4 Å². The molecule has 39 heavy (non-hydrogen) atoms. The van der Waals surface area contributed by atoms with Gasteiger partial charge in [0.2, 0.25) is 5.91 Å². The average molecular weight is 570 g/mol. The van der Waals surface area contributed by atoms with E-state index in [1.807, 2.05) is 13.8 Å². The largest absolute Gasteiger partial charge is 0.464 e. The maximum atomic E-state index is 13.0. The molecule has 12 heteroatoms. The molecular weight excluding hydrogens is 522 g/mol. The van der Waals surface area contributed by atoms with Crippen molar-refractivity contribution < 1.29 is 38.2 Å². The number of cyclic esters (lactones) is 1. The Morgan fingerprint density at radius 3 is 2.28 bits per heavy atom. The minimum Gasteiger partial charge on any atom is -0.464 e. The standard InChI is InChI=1S/C27H47N3O8Si/c1-10-15(2)20-21(37-25(20)34)23(32)29-18-13-17(18)14-19(24(33)36-11-12-39(7,8)9)30-22(31)16(3)28-26(35)38-27(4,5)6/h15-21H,10-14H2,1-9H3,(H,28,35)(H,29,32)(H,30,31). The monoisotopic (exact) mass is 569 g/mol. The Hall–Kier alpha value is -2.63. The minimum atomic E-state index is -1.44. The van der Waals surface area contributed by atoms with E-state index in [1.54, 1.807) is 20.8 Å². The van der Waals surface area contributed by atoms with Crippen LogP contribution in [0.2, 0.25) is 25.7 Å². The molecule has 0 aromatic heterocycles. The predicted molar refractivity (Wildman–Crippen MR) is 147 cm³/mol. The first-order valence-corrected chi connectivity index (χ1v) is 17.6. The van der Waals surface area contributed by atoms with Crippen LogP contribution >= 0.6 is 0 Å². The molecule has 0 spiro atoms. The van der Waals surface area contributed by atoms with Crippen molar-refractivity contribution >= 4 is 37.9 Å². The normalized spacial score (nSPS) is 24.7. The van der Waals surface area contributed by atoms with Crippen LogP contribution in [0.4, 0.5) is 4.79 Å². The maximum absolute atomic E-state index is 13.0. The van der Waals surface area contributed by atoms with Gasteiger partial charge in [0.1, 0.15) is 23.6 Å². The number of carbonyl (C=O) groups excluding carboxylic acids is 5. The highest BCUT2D eigenvalue weighted by Gasteiger charge is 2.51. The highest BCUT2D eigenvalue weighted by molar-refractivity contribution is 6.76. The van der Waals surface area contributed by atoms with Crippen LogP contribution in [0.15, 0.2) is 0 Å².